The molecule has 0 unspecified atom stereocenters. The molecule has 0 spiro atoms. The number of hydrogen-bond donors (Lipinski definition) is 0. The average Bonchev–Trinajstić information content (AvgIpc) is 2.88. The maximum Gasteiger partial charge on any atom is 0.196 e. The van der Waals surface area contributed by atoms with Crippen molar-refractivity contribution in [2.24, 2.45) is 0 Å². The predicted molar refractivity (Wildman–Crippen MR) is 92.6 cm³/mol. The standard InChI is InChI=1S/C17H17BrO2S/c1-10-9-16(20-4)12(3)11(2)13(10)5-6-15(19)17-14(18)7-8-21-17/h5-9H,1-4H3. The number of thiophene rings is 1. The molecular weight excluding hydrogens is 348 g/mol. The summed E-state index contributed by atoms with van der Waals surface area (Å²) in [6, 6.07) is 3.90. The Balaban J connectivity index is 2.36. The Morgan fingerprint density at radius 2 is 2.00 bits per heavy atom. The van der Waals surface area contributed by atoms with Gasteiger partial charge in [0.25, 0.3) is 0 Å². The van der Waals surface area contributed by atoms with Gasteiger partial charge in [0.2, 0.25) is 0 Å². The first-order valence-electron chi connectivity index (χ1n) is 6.56. The lowest BCUT2D eigenvalue weighted by Gasteiger charge is -2.13. The van der Waals surface area contributed by atoms with Crippen molar-refractivity contribution in [2.45, 2.75) is 20.8 Å². The fourth-order valence-corrected chi connectivity index (χ4v) is 3.73. The lowest BCUT2D eigenvalue weighted by molar-refractivity contribution is 0.105. The first kappa shape index (κ1) is 16.0. The van der Waals surface area contributed by atoms with Crippen LogP contribution in [0.2, 0.25) is 0 Å². The van der Waals surface area contributed by atoms with Gasteiger partial charge in [-0.1, -0.05) is 6.08 Å². The van der Waals surface area contributed by atoms with Crippen molar-refractivity contribution < 1.29 is 9.53 Å². The number of rotatable bonds is 4. The number of methoxy groups -OCH3 is 1. The molecule has 1 heterocycles. The number of benzene rings is 1. The lowest BCUT2D eigenvalue weighted by Crippen LogP contribution is -1.97. The van der Waals surface area contributed by atoms with Crippen LogP contribution in [0.25, 0.3) is 6.08 Å². The van der Waals surface area contributed by atoms with Crippen LogP contribution in [0, 0.1) is 20.8 Å². The van der Waals surface area contributed by atoms with Crippen LogP contribution in [0.3, 0.4) is 0 Å². The zero-order chi connectivity index (χ0) is 15.6. The molecule has 0 aliphatic rings. The van der Waals surface area contributed by atoms with Crippen LogP contribution < -0.4 is 4.74 Å². The van der Waals surface area contributed by atoms with Crippen LogP contribution in [-0.2, 0) is 0 Å². The van der Waals surface area contributed by atoms with Gasteiger partial charge < -0.3 is 4.74 Å². The molecule has 0 fully saturated rings. The first-order chi connectivity index (χ1) is 9.95. The van der Waals surface area contributed by atoms with E-state index in [1.165, 1.54) is 11.3 Å². The second-order valence-electron chi connectivity index (χ2n) is 4.85. The maximum absolute atomic E-state index is 12.2. The highest BCUT2D eigenvalue weighted by molar-refractivity contribution is 9.10. The second kappa shape index (κ2) is 6.58. The van der Waals surface area contributed by atoms with Gasteiger partial charge in [0.15, 0.2) is 5.78 Å². The third kappa shape index (κ3) is 3.27. The fourth-order valence-electron chi connectivity index (χ4n) is 2.24. The largest absolute Gasteiger partial charge is 0.496 e. The number of allylic oxidation sites excluding steroid dienone is 1. The van der Waals surface area contributed by atoms with E-state index in [0.29, 0.717) is 0 Å². The highest BCUT2D eigenvalue weighted by atomic mass is 79.9. The monoisotopic (exact) mass is 364 g/mol. The summed E-state index contributed by atoms with van der Waals surface area (Å²) in [7, 11) is 1.68. The minimum Gasteiger partial charge on any atom is -0.496 e. The number of ketones is 1. The summed E-state index contributed by atoms with van der Waals surface area (Å²) in [5.74, 6) is 0.902. The Morgan fingerprint density at radius 3 is 2.57 bits per heavy atom. The zero-order valence-electron chi connectivity index (χ0n) is 12.5. The van der Waals surface area contributed by atoms with Crippen molar-refractivity contribution in [3.05, 3.63) is 55.2 Å². The predicted octanol–water partition coefficient (Wildman–Crippen LogP) is 5.34. The number of hydrogen-bond acceptors (Lipinski definition) is 3. The molecule has 2 rings (SSSR count). The molecule has 2 aromatic rings. The summed E-state index contributed by atoms with van der Waals surface area (Å²) in [4.78, 5) is 12.9. The topological polar surface area (TPSA) is 26.3 Å². The zero-order valence-corrected chi connectivity index (χ0v) is 14.9. The summed E-state index contributed by atoms with van der Waals surface area (Å²) in [6.45, 7) is 6.11. The van der Waals surface area contributed by atoms with Gasteiger partial charge in [0, 0.05) is 4.47 Å². The minimum atomic E-state index is 0.0177. The van der Waals surface area contributed by atoms with E-state index in [0.717, 1.165) is 37.4 Å². The summed E-state index contributed by atoms with van der Waals surface area (Å²) >= 11 is 4.83. The van der Waals surface area contributed by atoms with Crippen molar-refractivity contribution in [3.8, 4) is 5.75 Å². The molecule has 0 radical (unpaired) electrons. The molecule has 4 heteroatoms. The fraction of sp³-hybridized carbons (Fsp3) is 0.235. The molecule has 110 valence electrons. The van der Waals surface area contributed by atoms with Gasteiger partial charge in [-0.25, -0.2) is 0 Å². The molecule has 1 aromatic heterocycles. The third-order valence-electron chi connectivity index (χ3n) is 3.57. The van der Waals surface area contributed by atoms with Crippen LogP contribution in [0.15, 0.2) is 28.1 Å². The Bertz CT molecular complexity index is 714. The molecule has 0 aliphatic carbocycles. The van der Waals surface area contributed by atoms with Gasteiger partial charge in [-0.2, -0.15) is 0 Å². The molecule has 0 atom stereocenters. The number of aryl methyl sites for hydroxylation is 1. The van der Waals surface area contributed by atoms with E-state index in [1.807, 2.05) is 37.4 Å². The first-order valence-corrected chi connectivity index (χ1v) is 8.23. The SMILES string of the molecule is COc1cc(C)c(C=CC(=O)c2sccc2Br)c(C)c1C. The maximum atomic E-state index is 12.2. The summed E-state index contributed by atoms with van der Waals surface area (Å²) in [5, 5.41) is 1.90. The van der Waals surface area contributed by atoms with Gasteiger partial charge in [-0.15, -0.1) is 11.3 Å². The van der Waals surface area contributed by atoms with E-state index < -0.39 is 0 Å². The molecule has 2 nitrogen and oxygen atoms in total. The summed E-state index contributed by atoms with van der Waals surface area (Å²) < 4.78 is 6.21. The smallest absolute Gasteiger partial charge is 0.196 e. The minimum absolute atomic E-state index is 0.0177. The summed E-state index contributed by atoms with van der Waals surface area (Å²) in [6.07, 6.45) is 3.53. The highest BCUT2D eigenvalue weighted by Gasteiger charge is 2.11. The Hall–Kier alpha value is -1.39. The highest BCUT2D eigenvalue weighted by Crippen LogP contribution is 2.29. The van der Waals surface area contributed by atoms with E-state index in [1.54, 1.807) is 13.2 Å². The van der Waals surface area contributed by atoms with Gasteiger partial charge in [0.05, 0.1) is 12.0 Å². The molecule has 0 amide bonds. The van der Waals surface area contributed by atoms with Crippen molar-refractivity contribution in [2.75, 3.05) is 7.11 Å². The molecule has 21 heavy (non-hydrogen) atoms. The molecule has 0 saturated heterocycles. The molecule has 0 saturated carbocycles. The van der Waals surface area contributed by atoms with Crippen LogP contribution >= 0.6 is 27.3 Å². The molecule has 1 aromatic carbocycles. The normalized spacial score (nSPS) is 11.1. The van der Waals surface area contributed by atoms with Crippen molar-refractivity contribution in [3.63, 3.8) is 0 Å². The third-order valence-corrected chi connectivity index (χ3v) is 5.42. The Kier molecular flexibility index (Phi) is 5.01. The van der Waals surface area contributed by atoms with E-state index >= 15 is 0 Å². The van der Waals surface area contributed by atoms with E-state index in [-0.39, 0.29) is 5.78 Å². The number of ether oxygens (including phenoxy) is 1. The number of carbonyl (C=O) groups excluding carboxylic acids is 1. The Labute approximate surface area is 137 Å². The van der Waals surface area contributed by atoms with Gasteiger partial charge in [-0.05, 0) is 82.5 Å². The van der Waals surface area contributed by atoms with Crippen molar-refractivity contribution in [1.29, 1.82) is 0 Å². The molecule has 0 aliphatic heterocycles. The molecule has 0 N–H and O–H groups in total. The van der Waals surface area contributed by atoms with E-state index in [9.17, 15) is 4.79 Å². The van der Waals surface area contributed by atoms with Gasteiger partial charge in [0.1, 0.15) is 5.75 Å². The van der Waals surface area contributed by atoms with Gasteiger partial charge in [-0.3, -0.25) is 4.79 Å². The number of halogens is 1. The summed E-state index contributed by atoms with van der Waals surface area (Å²) in [5.41, 5.74) is 4.42. The average molecular weight is 365 g/mol. The van der Waals surface area contributed by atoms with E-state index in [4.69, 9.17) is 4.74 Å². The lowest BCUT2D eigenvalue weighted by atomic mass is 9.96. The van der Waals surface area contributed by atoms with Crippen LogP contribution in [-0.4, -0.2) is 12.9 Å². The molecule has 0 bridgehead atoms. The van der Waals surface area contributed by atoms with Crippen LogP contribution in [0.1, 0.15) is 31.9 Å². The van der Waals surface area contributed by atoms with Gasteiger partial charge >= 0.3 is 0 Å². The second-order valence-corrected chi connectivity index (χ2v) is 6.63. The van der Waals surface area contributed by atoms with E-state index in [2.05, 4.69) is 22.9 Å². The molecular formula is C17H17BrO2S. The van der Waals surface area contributed by atoms with Crippen LogP contribution in [0.5, 0.6) is 5.75 Å². The number of carbonyl (C=O) groups is 1. The van der Waals surface area contributed by atoms with Crippen molar-refractivity contribution >= 4 is 39.1 Å². The quantitative estimate of drug-likeness (QED) is 0.540. The van der Waals surface area contributed by atoms with Crippen molar-refractivity contribution in [1.82, 2.24) is 0 Å². The Morgan fingerprint density at radius 1 is 1.29 bits per heavy atom. The van der Waals surface area contributed by atoms with Crippen LogP contribution in [0.4, 0.5) is 0 Å².